The fourth-order valence-electron chi connectivity index (χ4n) is 4.33. The smallest absolute Gasteiger partial charge is 0.150 e. The first-order valence-electron chi connectivity index (χ1n) is 9.92. The van der Waals surface area contributed by atoms with Crippen LogP contribution < -0.4 is 0 Å². The average molecular weight is 385 g/mol. The zero-order valence-electron chi connectivity index (χ0n) is 15.4. The number of aromatic nitrogens is 3. The summed E-state index contributed by atoms with van der Waals surface area (Å²) in [7, 11) is 0. The number of rotatable bonds is 4. The van der Waals surface area contributed by atoms with E-state index in [0.29, 0.717) is 5.92 Å². The lowest BCUT2D eigenvalue weighted by atomic mass is 10.1. The first-order chi connectivity index (χ1) is 13.3. The summed E-state index contributed by atoms with van der Waals surface area (Å²) in [5, 5.41) is 5.82. The van der Waals surface area contributed by atoms with E-state index < -0.39 is 0 Å². The van der Waals surface area contributed by atoms with E-state index in [2.05, 4.69) is 46.3 Å². The molecule has 0 radical (unpaired) electrons. The van der Waals surface area contributed by atoms with Gasteiger partial charge in [0, 0.05) is 55.1 Å². The van der Waals surface area contributed by atoms with E-state index in [1.54, 1.807) is 0 Å². The molecule has 0 N–H and O–H groups in total. The Morgan fingerprint density at radius 3 is 2.93 bits per heavy atom. The van der Waals surface area contributed by atoms with Gasteiger partial charge in [-0.3, -0.25) is 0 Å². The molecular formula is C21H25ClN4O. The summed E-state index contributed by atoms with van der Waals surface area (Å²) in [5.74, 6) is 0.631. The van der Waals surface area contributed by atoms with E-state index in [1.165, 1.54) is 29.3 Å². The van der Waals surface area contributed by atoms with Crippen LogP contribution in [0, 0.1) is 5.92 Å². The molecule has 2 atom stereocenters. The van der Waals surface area contributed by atoms with Crippen molar-refractivity contribution < 1.29 is 4.74 Å². The van der Waals surface area contributed by atoms with E-state index in [-0.39, 0.29) is 6.23 Å². The van der Waals surface area contributed by atoms with Gasteiger partial charge >= 0.3 is 0 Å². The second kappa shape index (κ2) is 7.30. The average Bonchev–Trinajstić information content (AvgIpc) is 3.43. The monoisotopic (exact) mass is 384 g/mol. The number of nitrogens with zero attached hydrogens (tertiary/aromatic N) is 4. The third-order valence-electron chi connectivity index (χ3n) is 5.85. The molecule has 2 aromatic heterocycles. The minimum Gasteiger partial charge on any atom is -0.357 e. The molecular weight excluding hydrogens is 360 g/mol. The molecule has 0 aliphatic carbocycles. The molecule has 0 bridgehead atoms. The van der Waals surface area contributed by atoms with Crippen molar-refractivity contribution >= 4 is 22.7 Å². The lowest BCUT2D eigenvalue weighted by Crippen LogP contribution is -2.18. The summed E-state index contributed by atoms with van der Waals surface area (Å²) < 4.78 is 12.1. The number of halogens is 1. The summed E-state index contributed by atoms with van der Waals surface area (Å²) in [4.78, 5) is 0. The van der Waals surface area contributed by atoms with Crippen LogP contribution in [-0.2, 0) is 11.3 Å². The van der Waals surface area contributed by atoms with Crippen LogP contribution >= 0.6 is 11.8 Å². The first-order valence-corrected chi connectivity index (χ1v) is 10.3. The Morgan fingerprint density at radius 2 is 2.11 bits per heavy atom. The Morgan fingerprint density at radius 1 is 1.15 bits per heavy atom. The number of hydrogen-bond donors (Lipinski definition) is 0. The Labute approximate surface area is 164 Å². The zero-order chi connectivity index (χ0) is 18.2. The molecule has 27 heavy (non-hydrogen) atoms. The molecule has 2 unspecified atom stereocenters. The highest BCUT2D eigenvalue weighted by Gasteiger charge is 2.22. The highest BCUT2D eigenvalue weighted by Crippen LogP contribution is 2.29. The van der Waals surface area contributed by atoms with Crippen molar-refractivity contribution in [1.82, 2.24) is 18.8 Å². The van der Waals surface area contributed by atoms with Crippen LogP contribution in [0.25, 0.3) is 22.0 Å². The highest BCUT2D eigenvalue weighted by molar-refractivity contribution is 6.13. The van der Waals surface area contributed by atoms with Gasteiger partial charge in [-0.05, 0) is 67.1 Å². The van der Waals surface area contributed by atoms with Gasteiger partial charge in [0.2, 0.25) is 0 Å². The predicted molar refractivity (Wildman–Crippen MR) is 108 cm³/mol. The van der Waals surface area contributed by atoms with Crippen LogP contribution in [0.3, 0.4) is 0 Å². The van der Waals surface area contributed by atoms with Crippen molar-refractivity contribution in [2.24, 2.45) is 5.92 Å². The second-order valence-electron chi connectivity index (χ2n) is 7.80. The lowest BCUT2D eigenvalue weighted by molar-refractivity contribution is -0.0394. The predicted octanol–water partition coefficient (Wildman–Crippen LogP) is 4.68. The van der Waals surface area contributed by atoms with E-state index in [9.17, 15) is 0 Å². The molecule has 4 heterocycles. The van der Waals surface area contributed by atoms with Gasteiger partial charge in [-0.2, -0.15) is 5.10 Å². The van der Waals surface area contributed by atoms with Gasteiger partial charge in [0.25, 0.3) is 0 Å². The summed E-state index contributed by atoms with van der Waals surface area (Å²) in [6, 6.07) is 8.90. The minimum absolute atomic E-state index is 0.0882. The Hall–Kier alpha value is -1.82. The third-order valence-corrected chi connectivity index (χ3v) is 6.15. The number of benzene rings is 1. The standard InChI is InChI=1S/C21H25ClN4O/c22-25-9-6-16(14-25)13-24-8-7-18-11-17(4-5-20(18)24)19-12-23-26(15-19)21-3-1-2-10-27-21/h4-5,7-8,11-12,15-16,21H,1-3,6,9-10,13-14H2. The van der Waals surface area contributed by atoms with Crippen LogP contribution in [-0.4, -0.2) is 38.5 Å². The van der Waals surface area contributed by atoms with Crippen LogP contribution in [0.15, 0.2) is 42.9 Å². The van der Waals surface area contributed by atoms with E-state index in [4.69, 9.17) is 16.5 Å². The van der Waals surface area contributed by atoms with Crippen molar-refractivity contribution in [1.29, 1.82) is 0 Å². The SMILES string of the molecule is ClN1CCC(Cn2ccc3cc(-c4cnn(C5CCCCO5)c4)ccc32)C1. The van der Waals surface area contributed by atoms with Crippen LogP contribution in [0.2, 0.25) is 0 Å². The molecule has 2 aliphatic rings. The van der Waals surface area contributed by atoms with Crippen molar-refractivity contribution in [3.63, 3.8) is 0 Å². The van der Waals surface area contributed by atoms with Gasteiger partial charge in [-0.25, -0.2) is 9.10 Å². The van der Waals surface area contributed by atoms with Crippen LogP contribution in [0.5, 0.6) is 0 Å². The summed E-state index contributed by atoms with van der Waals surface area (Å²) in [5.41, 5.74) is 3.64. The van der Waals surface area contributed by atoms with Gasteiger partial charge in [-0.15, -0.1) is 0 Å². The fourth-order valence-corrected chi connectivity index (χ4v) is 4.62. The maximum absolute atomic E-state index is 6.12. The largest absolute Gasteiger partial charge is 0.357 e. The molecule has 1 aromatic carbocycles. The summed E-state index contributed by atoms with van der Waals surface area (Å²) in [6.45, 7) is 3.83. The second-order valence-corrected chi connectivity index (χ2v) is 8.27. The van der Waals surface area contributed by atoms with Crippen molar-refractivity contribution in [2.45, 2.75) is 38.5 Å². The zero-order valence-corrected chi connectivity index (χ0v) is 16.2. The maximum Gasteiger partial charge on any atom is 0.150 e. The summed E-state index contributed by atoms with van der Waals surface area (Å²) >= 11 is 6.12. The molecule has 2 saturated heterocycles. The Bertz CT molecular complexity index is 927. The van der Waals surface area contributed by atoms with Gasteiger partial charge in [0.15, 0.2) is 0 Å². The molecule has 0 amide bonds. The third kappa shape index (κ3) is 3.51. The van der Waals surface area contributed by atoms with Crippen molar-refractivity contribution in [2.75, 3.05) is 19.7 Å². The fraction of sp³-hybridized carbons (Fsp3) is 0.476. The summed E-state index contributed by atoms with van der Waals surface area (Å²) in [6.07, 6.45) is 10.9. The van der Waals surface area contributed by atoms with Gasteiger partial charge < -0.3 is 9.30 Å². The molecule has 3 aromatic rings. The van der Waals surface area contributed by atoms with E-state index in [0.717, 1.165) is 44.6 Å². The molecule has 0 saturated carbocycles. The number of hydrogen-bond acceptors (Lipinski definition) is 3. The van der Waals surface area contributed by atoms with E-state index in [1.807, 2.05) is 15.3 Å². The topological polar surface area (TPSA) is 35.2 Å². The highest BCUT2D eigenvalue weighted by atomic mass is 35.5. The Kier molecular flexibility index (Phi) is 4.68. The molecule has 5 nitrogen and oxygen atoms in total. The molecule has 2 fully saturated rings. The number of ether oxygens (including phenoxy) is 1. The normalized spacial score (nSPS) is 24.0. The lowest BCUT2D eigenvalue weighted by Gasteiger charge is -2.22. The molecule has 6 heteroatoms. The molecule has 5 rings (SSSR count). The quantitative estimate of drug-likeness (QED) is 0.612. The van der Waals surface area contributed by atoms with Gasteiger partial charge in [0.1, 0.15) is 6.23 Å². The van der Waals surface area contributed by atoms with Gasteiger partial charge in [0.05, 0.1) is 6.20 Å². The molecule has 142 valence electrons. The maximum atomic E-state index is 6.12. The van der Waals surface area contributed by atoms with Crippen molar-refractivity contribution in [3.05, 3.63) is 42.9 Å². The molecule has 2 aliphatic heterocycles. The minimum atomic E-state index is 0.0882. The van der Waals surface area contributed by atoms with Gasteiger partial charge in [-0.1, -0.05) is 6.07 Å². The Balaban J connectivity index is 1.36. The number of fused-ring (bicyclic) bond motifs is 1. The van der Waals surface area contributed by atoms with Crippen LogP contribution in [0.4, 0.5) is 0 Å². The van der Waals surface area contributed by atoms with E-state index >= 15 is 0 Å². The van der Waals surface area contributed by atoms with Crippen LogP contribution in [0.1, 0.15) is 31.9 Å². The molecule has 0 spiro atoms. The van der Waals surface area contributed by atoms with Crippen molar-refractivity contribution in [3.8, 4) is 11.1 Å². The first kappa shape index (κ1) is 17.3.